The van der Waals surface area contributed by atoms with E-state index in [2.05, 4.69) is 22.3 Å². The predicted octanol–water partition coefficient (Wildman–Crippen LogP) is -0.565. The highest BCUT2D eigenvalue weighted by molar-refractivity contribution is 7.80. The second-order valence-corrected chi connectivity index (χ2v) is 2.50. The van der Waals surface area contributed by atoms with E-state index >= 15 is 0 Å². The van der Waals surface area contributed by atoms with Gasteiger partial charge in [0.1, 0.15) is 6.04 Å². The van der Waals surface area contributed by atoms with Crippen molar-refractivity contribution < 1.29 is 24.5 Å². The van der Waals surface area contributed by atoms with Crippen molar-refractivity contribution in [2.75, 3.05) is 7.11 Å². The molecule has 0 heterocycles. The third kappa shape index (κ3) is 4.96. The van der Waals surface area contributed by atoms with E-state index in [0.717, 1.165) is 0 Å². The van der Waals surface area contributed by atoms with Gasteiger partial charge in [-0.3, -0.25) is 4.79 Å². The number of methoxy groups -OCH3 is 1. The molecule has 0 aliphatic heterocycles. The monoisotopic (exact) mass is 207 g/mol. The van der Waals surface area contributed by atoms with Crippen LogP contribution >= 0.6 is 12.2 Å². The highest BCUT2D eigenvalue weighted by atomic mass is 32.1. The van der Waals surface area contributed by atoms with Crippen molar-refractivity contribution in [1.29, 1.82) is 0 Å². The molecule has 0 spiro atoms. The van der Waals surface area contributed by atoms with Crippen LogP contribution in [0.5, 0.6) is 0 Å². The zero-order chi connectivity index (χ0) is 10.4. The quantitative estimate of drug-likeness (QED) is 0.531. The van der Waals surface area contributed by atoms with Gasteiger partial charge in [-0.1, -0.05) is 0 Å². The fourth-order valence-electron chi connectivity index (χ4n) is 0.576. The van der Waals surface area contributed by atoms with E-state index in [4.69, 9.17) is 10.2 Å². The fourth-order valence-corrected chi connectivity index (χ4v) is 0.718. The van der Waals surface area contributed by atoms with Gasteiger partial charge in [-0.15, -0.1) is 0 Å². The van der Waals surface area contributed by atoms with Gasteiger partial charge >= 0.3 is 11.9 Å². The van der Waals surface area contributed by atoms with Gasteiger partial charge in [0, 0.05) is 0 Å². The third-order valence-electron chi connectivity index (χ3n) is 1.15. The summed E-state index contributed by atoms with van der Waals surface area (Å²) < 4.78 is 4.48. The number of hydrogen-bond acceptors (Lipinski definition) is 4. The number of carboxylic acid groups (broad SMARTS) is 2. The normalized spacial score (nSPS) is 11.5. The number of carbonyl (C=O) groups is 2. The number of nitrogens with one attached hydrogen (secondary N) is 1. The van der Waals surface area contributed by atoms with Crippen molar-refractivity contribution in [1.82, 2.24) is 5.32 Å². The summed E-state index contributed by atoms with van der Waals surface area (Å²) in [6.45, 7) is 0. The van der Waals surface area contributed by atoms with Crippen LogP contribution in [0.15, 0.2) is 0 Å². The van der Waals surface area contributed by atoms with E-state index in [1.807, 2.05) is 0 Å². The molecule has 0 aromatic rings. The summed E-state index contributed by atoms with van der Waals surface area (Å²) in [5.41, 5.74) is 0. The van der Waals surface area contributed by atoms with E-state index in [-0.39, 0.29) is 5.17 Å². The molecule has 0 unspecified atom stereocenters. The van der Waals surface area contributed by atoms with Gasteiger partial charge in [-0.25, -0.2) is 4.79 Å². The first-order valence-electron chi connectivity index (χ1n) is 3.26. The van der Waals surface area contributed by atoms with Crippen LogP contribution in [0.1, 0.15) is 6.42 Å². The minimum Gasteiger partial charge on any atom is -0.481 e. The van der Waals surface area contributed by atoms with Crippen molar-refractivity contribution in [3.05, 3.63) is 0 Å². The summed E-state index contributed by atoms with van der Waals surface area (Å²) in [6, 6.07) is -1.26. The lowest BCUT2D eigenvalue weighted by Gasteiger charge is -2.12. The van der Waals surface area contributed by atoms with Crippen molar-refractivity contribution in [3.63, 3.8) is 0 Å². The van der Waals surface area contributed by atoms with Crippen molar-refractivity contribution in [3.8, 4) is 0 Å². The second kappa shape index (κ2) is 5.31. The first kappa shape index (κ1) is 11.6. The number of thiocarbonyl (C=S) groups is 1. The first-order chi connectivity index (χ1) is 5.97. The van der Waals surface area contributed by atoms with Gasteiger partial charge < -0.3 is 20.3 Å². The average molecular weight is 207 g/mol. The predicted molar refractivity (Wildman–Crippen MR) is 46.4 cm³/mol. The highest BCUT2D eigenvalue weighted by Crippen LogP contribution is 1.93. The Bertz CT molecular complexity index is 229. The third-order valence-corrected chi connectivity index (χ3v) is 1.44. The minimum atomic E-state index is -1.29. The number of rotatable bonds is 4. The van der Waals surface area contributed by atoms with E-state index in [1.54, 1.807) is 0 Å². The number of aliphatic carboxylic acids is 2. The lowest BCUT2D eigenvalue weighted by atomic mass is 10.2. The van der Waals surface area contributed by atoms with E-state index in [9.17, 15) is 9.59 Å². The summed E-state index contributed by atoms with van der Waals surface area (Å²) in [5.74, 6) is -2.51. The minimum absolute atomic E-state index is 0.145. The van der Waals surface area contributed by atoms with Gasteiger partial charge in [-0.05, 0) is 12.2 Å². The Morgan fingerprint density at radius 2 is 2.08 bits per heavy atom. The molecule has 0 rings (SSSR count). The standard InChI is InChI=1S/C6H9NO5S/c1-12-6(13)7-3(5(10)11)2-4(8)9/h3H,2H2,1H3,(H,7,13)(H,8,9)(H,10,11)/t3-/m0/s1. The van der Waals surface area contributed by atoms with Crippen molar-refractivity contribution in [2.24, 2.45) is 0 Å². The van der Waals surface area contributed by atoms with Crippen LogP contribution in [0.3, 0.4) is 0 Å². The summed E-state index contributed by atoms with van der Waals surface area (Å²) in [5, 5.41) is 18.9. The first-order valence-corrected chi connectivity index (χ1v) is 3.67. The van der Waals surface area contributed by atoms with Gasteiger partial charge in [0.2, 0.25) is 0 Å². The zero-order valence-corrected chi connectivity index (χ0v) is 7.63. The molecule has 0 aliphatic rings. The molecule has 3 N–H and O–H groups in total. The fraction of sp³-hybridized carbons (Fsp3) is 0.500. The highest BCUT2D eigenvalue weighted by Gasteiger charge is 2.21. The summed E-state index contributed by atoms with van der Waals surface area (Å²) in [7, 11) is 1.26. The maximum atomic E-state index is 10.4. The molecule has 0 aliphatic carbocycles. The smallest absolute Gasteiger partial charge is 0.326 e. The SMILES string of the molecule is COC(=S)N[C@@H](CC(=O)O)C(=O)O. The number of ether oxygens (including phenoxy) is 1. The van der Waals surface area contributed by atoms with Crippen LogP contribution in [-0.4, -0.2) is 40.5 Å². The van der Waals surface area contributed by atoms with Crippen LogP contribution < -0.4 is 5.32 Å². The maximum Gasteiger partial charge on any atom is 0.326 e. The van der Waals surface area contributed by atoms with Crippen LogP contribution in [-0.2, 0) is 14.3 Å². The Hall–Kier alpha value is -1.37. The van der Waals surface area contributed by atoms with Crippen LogP contribution in [0, 0.1) is 0 Å². The molecule has 0 amide bonds. The Balaban J connectivity index is 4.18. The van der Waals surface area contributed by atoms with Crippen LogP contribution in [0.4, 0.5) is 0 Å². The van der Waals surface area contributed by atoms with Crippen molar-refractivity contribution in [2.45, 2.75) is 12.5 Å². The van der Waals surface area contributed by atoms with Gasteiger partial charge in [0.05, 0.1) is 13.5 Å². The molecule has 6 nitrogen and oxygen atoms in total. The molecule has 0 bridgehead atoms. The summed E-state index contributed by atoms with van der Waals surface area (Å²) in [6.07, 6.45) is -0.557. The Labute approximate surface area is 79.5 Å². The zero-order valence-electron chi connectivity index (χ0n) is 6.81. The molecule has 0 saturated heterocycles. The molecule has 0 radical (unpaired) electrons. The number of hydrogen-bond donors (Lipinski definition) is 3. The van der Waals surface area contributed by atoms with Crippen LogP contribution in [0.2, 0.25) is 0 Å². The van der Waals surface area contributed by atoms with E-state index < -0.39 is 24.4 Å². The molecule has 0 fully saturated rings. The summed E-state index contributed by atoms with van der Waals surface area (Å²) in [4.78, 5) is 20.6. The molecule has 1 atom stereocenters. The molecular formula is C6H9NO5S. The lowest BCUT2D eigenvalue weighted by Crippen LogP contribution is -2.41. The second-order valence-electron chi connectivity index (χ2n) is 2.12. The van der Waals surface area contributed by atoms with Gasteiger partial charge in [-0.2, -0.15) is 0 Å². The van der Waals surface area contributed by atoms with Crippen LogP contribution in [0.25, 0.3) is 0 Å². The maximum absolute atomic E-state index is 10.4. The molecule has 74 valence electrons. The Morgan fingerprint density at radius 1 is 1.54 bits per heavy atom. The molecular weight excluding hydrogens is 198 g/mol. The molecule has 0 aromatic heterocycles. The lowest BCUT2D eigenvalue weighted by molar-refractivity contribution is -0.145. The van der Waals surface area contributed by atoms with E-state index in [1.165, 1.54) is 7.11 Å². The van der Waals surface area contributed by atoms with Gasteiger partial charge in [0.15, 0.2) is 0 Å². The topological polar surface area (TPSA) is 95.9 Å². The summed E-state index contributed by atoms with van der Waals surface area (Å²) >= 11 is 4.51. The average Bonchev–Trinajstić information content (AvgIpc) is 2.02. The van der Waals surface area contributed by atoms with E-state index in [0.29, 0.717) is 0 Å². The number of carboxylic acids is 2. The Kier molecular flexibility index (Phi) is 4.75. The largest absolute Gasteiger partial charge is 0.481 e. The van der Waals surface area contributed by atoms with Gasteiger partial charge in [0.25, 0.3) is 5.17 Å². The van der Waals surface area contributed by atoms with Crippen molar-refractivity contribution >= 4 is 29.3 Å². The molecule has 0 aromatic carbocycles. The molecule has 0 saturated carbocycles. The Morgan fingerprint density at radius 3 is 2.38 bits per heavy atom. The molecule has 13 heavy (non-hydrogen) atoms. The molecule has 7 heteroatoms.